The second-order valence-electron chi connectivity index (χ2n) is 8.02. The van der Waals surface area contributed by atoms with Crippen LogP contribution in [0.15, 0.2) is 84.0 Å². The molecule has 8 heteroatoms. The molecule has 0 saturated heterocycles. The van der Waals surface area contributed by atoms with E-state index in [4.69, 9.17) is 16.3 Å². The predicted molar refractivity (Wildman–Crippen MR) is 138 cm³/mol. The molecule has 2 aromatic heterocycles. The standard InChI is InChI=1S/C27H22ClN5O2/c1-17-23(22-7-2-3-8-24(22)30-17)15-29-33-27(34)26-14-25(31-32-26)19-5-4-6-21(13-19)35-16-18-9-11-20(28)12-10-18/h2-15,30H,16H2,1H3,(H,31,32)(H,33,34)/b29-15-. The molecule has 0 aliphatic carbocycles. The van der Waals surface area contributed by atoms with Gasteiger partial charge in [-0.15, -0.1) is 0 Å². The number of rotatable bonds is 7. The Hall–Kier alpha value is -4.36. The van der Waals surface area contributed by atoms with Gasteiger partial charge >= 0.3 is 0 Å². The molecule has 0 radical (unpaired) electrons. The summed E-state index contributed by atoms with van der Waals surface area (Å²) in [5.74, 6) is 0.317. The Morgan fingerprint density at radius 2 is 1.91 bits per heavy atom. The number of nitrogens with one attached hydrogen (secondary N) is 3. The number of ether oxygens (including phenoxy) is 1. The first-order valence-corrected chi connectivity index (χ1v) is 11.4. The number of nitrogens with zero attached hydrogens (tertiary/aromatic N) is 2. The molecule has 35 heavy (non-hydrogen) atoms. The van der Waals surface area contributed by atoms with Crippen molar-refractivity contribution < 1.29 is 9.53 Å². The van der Waals surface area contributed by atoms with Crippen molar-refractivity contribution in [2.24, 2.45) is 5.10 Å². The van der Waals surface area contributed by atoms with Crippen LogP contribution in [0.2, 0.25) is 5.02 Å². The number of benzene rings is 3. The van der Waals surface area contributed by atoms with Crippen LogP contribution < -0.4 is 10.2 Å². The highest BCUT2D eigenvalue weighted by atomic mass is 35.5. The summed E-state index contributed by atoms with van der Waals surface area (Å²) in [5.41, 5.74) is 8.27. The summed E-state index contributed by atoms with van der Waals surface area (Å²) in [6.07, 6.45) is 1.64. The Kier molecular flexibility index (Phi) is 6.32. The zero-order valence-electron chi connectivity index (χ0n) is 18.9. The van der Waals surface area contributed by atoms with Crippen molar-refractivity contribution in [2.75, 3.05) is 0 Å². The molecule has 3 N–H and O–H groups in total. The van der Waals surface area contributed by atoms with Crippen molar-refractivity contribution in [2.45, 2.75) is 13.5 Å². The average Bonchev–Trinajstić information content (AvgIpc) is 3.49. The summed E-state index contributed by atoms with van der Waals surface area (Å²) in [5, 5.41) is 12.9. The van der Waals surface area contributed by atoms with Crippen LogP contribution in [0.25, 0.3) is 22.2 Å². The predicted octanol–water partition coefficient (Wildman–Crippen LogP) is 5.86. The number of para-hydroxylation sites is 1. The van der Waals surface area contributed by atoms with Gasteiger partial charge in [-0.25, -0.2) is 5.43 Å². The fourth-order valence-electron chi connectivity index (χ4n) is 3.76. The molecule has 0 bridgehead atoms. The maximum Gasteiger partial charge on any atom is 0.289 e. The lowest BCUT2D eigenvalue weighted by molar-refractivity contribution is 0.0950. The van der Waals surface area contributed by atoms with Crippen LogP contribution in [0.5, 0.6) is 5.75 Å². The number of fused-ring (bicyclic) bond motifs is 1. The SMILES string of the molecule is Cc1[nH]c2ccccc2c1/C=N\NC(=O)c1cc(-c2cccc(OCc3ccc(Cl)cc3)c2)n[nH]1. The molecule has 0 spiro atoms. The third-order valence-electron chi connectivity index (χ3n) is 5.57. The topological polar surface area (TPSA) is 95.2 Å². The molecule has 0 unspecified atom stereocenters. The molecule has 3 aromatic carbocycles. The van der Waals surface area contributed by atoms with E-state index < -0.39 is 0 Å². The number of halogens is 1. The second kappa shape index (κ2) is 9.87. The Morgan fingerprint density at radius 3 is 2.77 bits per heavy atom. The molecule has 0 atom stereocenters. The average molecular weight is 484 g/mol. The summed E-state index contributed by atoms with van der Waals surface area (Å²) < 4.78 is 5.89. The van der Waals surface area contributed by atoms with E-state index in [1.807, 2.05) is 79.7 Å². The smallest absolute Gasteiger partial charge is 0.289 e. The molecular formula is C27H22ClN5O2. The van der Waals surface area contributed by atoms with Crippen molar-refractivity contribution in [3.8, 4) is 17.0 Å². The number of amides is 1. The summed E-state index contributed by atoms with van der Waals surface area (Å²) in [4.78, 5) is 15.9. The first-order valence-electron chi connectivity index (χ1n) is 11.0. The van der Waals surface area contributed by atoms with Gasteiger partial charge in [-0.1, -0.05) is 54.1 Å². The maximum atomic E-state index is 12.6. The summed E-state index contributed by atoms with van der Waals surface area (Å²) >= 11 is 5.93. The number of carbonyl (C=O) groups excluding carboxylic acids is 1. The molecule has 7 nitrogen and oxygen atoms in total. The van der Waals surface area contributed by atoms with E-state index >= 15 is 0 Å². The molecular weight excluding hydrogens is 462 g/mol. The van der Waals surface area contributed by atoms with Gasteiger partial charge in [0.1, 0.15) is 18.1 Å². The van der Waals surface area contributed by atoms with Gasteiger partial charge < -0.3 is 9.72 Å². The molecule has 0 aliphatic heterocycles. The number of hydrogen-bond acceptors (Lipinski definition) is 4. The van der Waals surface area contributed by atoms with Crippen LogP contribution in [-0.4, -0.2) is 27.3 Å². The maximum absolute atomic E-state index is 12.6. The van der Waals surface area contributed by atoms with Crippen molar-refractivity contribution in [1.82, 2.24) is 20.6 Å². The molecule has 0 aliphatic rings. The summed E-state index contributed by atoms with van der Waals surface area (Å²) in [6.45, 7) is 2.39. The van der Waals surface area contributed by atoms with E-state index in [0.29, 0.717) is 28.8 Å². The minimum atomic E-state index is -0.382. The van der Waals surface area contributed by atoms with Crippen molar-refractivity contribution in [1.29, 1.82) is 0 Å². The molecule has 0 saturated carbocycles. The highest BCUT2D eigenvalue weighted by molar-refractivity contribution is 6.30. The molecule has 174 valence electrons. The molecule has 2 heterocycles. The lowest BCUT2D eigenvalue weighted by Crippen LogP contribution is -2.18. The number of aryl methyl sites for hydroxylation is 1. The number of H-pyrrole nitrogens is 2. The van der Waals surface area contributed by atoms with Gasteiger partial charge in [0.2, 0.25) is 0 Å². The molecule has 1 amide bonds. The van der Waals surface area contributed by atoms with Gasteiger partial charge in [0.15, 0.2) is 0 Å². The van der Waals surface area contributed by atoms with Crippen LogP contribution >= 0.6 is 11.6 Å². The Bertz CT molecular complexity index is 1520. The second-order valence-corrected chi connectivity index (χ2v) is 8.45. The van der Waals surface area contributed by atoms with Crippen molar-refractivity contribution >= 4 is 34.6 Å². The monoisotopic (exact) mass is 483 g/mol. The lowest BCUT2D eigenvalue weighted by atomic mass is 10.1. The van der Waals surface area contributed by atoms with Gasteiger partial charge in [0.25, 0.3) is 5.91 Å². The third kappa shape index (κ3) is 5.10. The molecule has 5 aromatic rings. The zero-order valence-corrected chi connectivity index (χ0v) is 19.6. The minimum absolute atomic E-state index is 0.306. The minimum Gasteiger partial charge on any atom is -0.489 e. The highest BCUT2D eigenvalue weighted by Crippen LogP contribution is 2.24. The van der Waals surface area contributed by atoms with Gasteiger partial charge in [-0.3, -0.25) is 9.89 Å². The number of aromatic nitrogens is 3. The largest absolute Gasteiger partial charge is 0.489 e. The number of hydrazone groups is 1. The van der Waals surface area contributed by atoms with Crippen LogP contribution in [-0.2, 0) is 6.61 Å². The number of carbonyl (C=O) groups is 1. The Morgan fingerprint density at radius 1 is 1.09 bits per heavy atom. The van der Waals surface area contributed by atoms with Crippen LogP contribution in [0, 0.1) is 6.92 Å². The first-order chi connectivity index (χ1) is 17.1. The normalized spacial score (nSPS) is 11.3. The van der Waals surface area contributed by atoms with Crippen molar-refractivity contribution in [3.05, 3.63) is 106 Å². The van der Waals surface area contributed by atoms with Crippen LogP contribution in [0.4, 0.5) is 0 Å². The van der Waals surface area contributed by atoms with E-state index in [-0.39, 0.29) is 5.91 Å². The summed E-state index contributed by atoms with van der Waals surface area (Å²) in [6, 6.07) is 24.7. The quantitative estimate of drug-likeness (QED) is 0.200. The Labute approximate surface area is 206 Å². The van der Waals surface area contributed by atoms with E-state index in [2.05, 4.69) is 25.7 Å². The number of hydrogen-bond donors (Lipinski definition) is 3. The molecule has 0 fully saturated rings. The Balaban J connectivity index is 1.24. The van der Waals surface area contributed by atoms with Gasteiger partial charge in [0, 0.05) is 32.7 Å². The zero-order chi connectivity index (χ0) is 24.2. The first kappa shape index (κ1) is 22.4. The van der Waals surface area contributed by atoms with E-state index in [1.165, 1.54) is 0 Å². The fourth-order valence-corrected chi connectivity index (χ4v) is 3.88. The lowest BCUT2D eigenvalue weighted by Gasteiger charge is -2.07. The van der Waals surface area contributed by atoms with E-state index in [1.54, 1.807) is 12.3 Å². The van der Waals surface area contributed by atoms with Crippen LogP contribution in [0.3, 0.4) is 0 Å². The van der Waals surface area contributed by atoms with E-state index in [9.17, 15) is 4.79 Å². The highest BCUT2D eigenvalue weighted by Gasteiger charge is 2.12. The van der Waals surface area contributed by atoms with Gasteiger partial charge in [-0.2, -0.15) is 10.2 Å². The van der Waals surface area contributed by atoms with Gasteiger partial charge in [-0.05, 0) is 48.9 Å². The van der Waals surface area contributed by atoms with E-state index in [0.717, 1.165) is 33.3 Å². The third-order valence-corrected chi connectivity index (χ3v) is 5.83. The fraction of sp³-hybridized carbons (Fsp3) is 0.0741. The van der Waals surface area contributed by atoms with Gasteiger partial charge in [0.05, 0.1) is 11.9 Å². The molecule has 5 rings (SSSR count). The number of aromatic amines is 2. The summed E-state index contributed by atoms with van der Waals surface area (Å²) in [7, 11) is 0. The van der Waals surface area contributed by atoms with Crippen LogP contribution in [0.1, 0.15) is 27.3 Å². The van der Waals surface area contributed by atoms with Crippen molar-refractivity contribution in [3.63, 3.8) is 0 Å².